The molecule has 1 heterocycles. The van der Waals surface area contributed by atoms with Gasteiger partial charge in [-0.25, -0.2) is 17.2 Å². The zero-order valence-corrected chi connectivity index (χ0v) is 16.7. The molecule has 9 heteroatoms. The Morgan fingerprint density at radius 1 is 1.03 bits per heavy atom. The van der Waals surface area contributed by atoms with Crippen molar-refractivity contribution in [2.24, 2.45) is 0 Å². The lowest BCUT2D eigenvalue weighted by Gasteiger charge is -2.28. The fraction of sp³-hybridized carbons (Fsp3) is 0.350. The first-order valence-corrected chi connectivity index (χ1v) is 10.9. The van der Waals surface area contributed by atoms with Crippen LogP contribution in [0.2, 0.25) is 0 Å². The molecule has 156 valence electrons. The first-order chi connectivity index (χ1) is 13.9. The number of nitrogens with zero attached hydrogens (tertiary/aromatic N) is 2. The van der Waals surface area contributed by atoms with Gasteiger partial charge in [-0.2, -0.15) is 4.31 Å². The quantitative estimate of drug-likeness (QED) is 0.738. The molecule has 0 aromatic heterocycles. The Morgan fingerprint density at radius 2 is 1.69 bits per heavy atom. The zero-order valence-electron chi connectivity index (χ0n) is 15.9. The summed E-state index contributed by atoms with van der Waals surface area (Å²) in [5.41, 5.74) is 0.491. The zero-order chi connectivity index (χ0) is 20.9. The summed E-state index contributed by atoms with van der Waals surface area (Å²) < 4.78 is 54.0. The fourth-order valence-electron chi connectivity index (χ4n) is 3.14. The van der Waals surface area contributed by atoms with Crippen LogP contribution in [-0.2, 0) is 16.6 Å². The van der Waals surface area contributed by atoms with Gasteiger partial charge >= 0.3 is 0 Å². The normalized spacial score (nSPS) is 15.2. The van der Waals surface area contributed by atoms with Gasteiger partial charge in [0, 0.05) is 39.3 Å². The maximum absolute atomic E-state index is 14.1. The van der Waals surface area contributed by atoms with Gasteiger partial charge in [0.1, 0.15) is 11.6 Å². The summed E-state index contributed by atoms with van der Waals surface area (Å²) in [6.45, 7) is 1.85. The van der Waals surface area contributed by atoms with Crippen LogP contribution in [0.5, 0.6) is 0 Å². The van der Waals surface area contributed by atoms with Gasteiger partial charge in [-0.15, -0.1) is 0 Å². The molecule has 0 atom stereocenters. The summed E-state index contributed by atoms with van der Waals surface area (Å²) in [4.78, 5) is 14.2. The molecule has 2 aromatic carbocycles. The van der Waals surface area contributed by atoms with E-state index in [9.17, 15) is 22.0 Å². The van der Waals surface area contributed by atoms with E-state index < -0.39 is 27.6 Å². The molecule has 1 aliphatic rings. The largest absolute Gasteiger partial charge is 0.333 e. The van der Waals surface area contributed by atoms with E-state index in [1.807, 2.05) is 0 Å². The number of halogens is 2. The van der Waals surface area contributed by atoms with E-state index in [0.29, 0.717) is 31.7 Å². The third kappa shape index (κ3) is 5.59. The standard InChI is InChI=1S/C20H23F2N3O3S/c21-17-7-5-16(6-8-17)15-24(20(26)18-3-1-2-4-19(18)22)13-14-29(27,28)25-11-9-23-10-12-25/h1-8,23H,9-15H2. The third-order valence-electron chi connectivity index (χ3n) is 4.77. The van der Waals surface area contributed by atoms with Crippen LogP contribution in [-0.4, -0.2) is 62.0 Å². The van der Waals surface area contributed by atoms with Crippen LogP contribution >= 0.6 is 0 Å². The first kappa shape index (κ1) is 21.4. The van der Waals surface area contributed by atoms with E-state index in [-0.39, 0.29) is 24.4 Å². The molecule has 29 heavy (non-hydrogen) atoms. The van der Waals surface area contributed by atoms with Gasteiger partial charge in [-0.05, 0) is 29.8 Å². The number of sulfonamides is 1. The van der Waals surface area contributed by atoms with E-state index in [1.54, 1.807) is 6.07 Å². The van der Waals surface area contributed by atoms with E-state index >= 15 is 0 Å². The molecule has 0 radical (unpaired) electrons. The highest BCUT2D eigenvalue weighted by Crippen LogP contribution is 2.15. The maximum atomic E-state index is 14.1. The number of amides is 1. The maximum Gasteiger partial charge on any atom is 0.257 e. The second-order valence-electron chi connectivity index (χ2n) is 6.80. The smallest absolute Gasteiger partial charge is 0.257 e. The van der Waals surface area contributed by atoms with Crippen molar-refractivity contribution in [3.05, 3.63) is 71.3 Å². The van der Waals surface area contributed by atoms with Crippen LogP contribution in [0.25, 0.3) is 0 Å². The molecule has 6 nitrogen and oxygen atoms in total. The monoisotopic (exact) mass is 423 g/mol. The summed E-state index contributed by atoms with van der Waals surface area (Å²) in [5, 5.41) is 3.09. The Hall–Kier alpha value is -2.36. The highest BCUT2D eigenvalue weighted by Gasteiger charge is 2.26. The number of benzene rings is 2. The molecule has 0 spiro atoms. The minimum atomic E-state index is -3.56. The Bertz CT molecular complexity index is 946. The number of carbonyl (C=O) groups is 1. The lowest BCUT2D eigenvalue weighted by molar-refractivity contribution is 0.0748. The van der Waals surface area contributed by atoms with Crippen molar-refractivity contribution in [3.8, 4) is 0 Å². The fourth-order valence-corrected chi connectivity index (χ4v) is 4.59. The number of carbonyl (C=O) groups excluding carboxylic acids is 1. The van der Waals surface area contributed by atoms with Crippen molar-refractivity contribution in [2.45, 2.75) is 6.54 Å². The minimum absolute atomic E-state index is 0.0462. The molecule has 1 saturated heterocycles. The summed E-state index contributed by atoms with van der Waals surface area (Å²) >= 11 is 0. The van der Waals surface area contributed by atoms with Crippen molar-refractivity contribution in [1.29, 1.82) is 0 Å². The van der Waals surface area contributed by atoms with Crippen LogP contribution in [0.4, 0.5) is 8.78 Å². The summed E-state index contributed by atoms with van der Waals surface area (Å²) in [6, 6.07) is 11.1. The first-order valence-electron chi connectivity index (χ1n) is 9.33. The van der Waals surface area contributed by atoms with Gasteiger partial charge < -0.3 is 10.2 Å². The van der Waals surface area contributed by atoms with Gasteiger partial charge in [0.25, 0.3) is 5.91 Å². The molecule has 1 N–H and O–H groups in total. The van der Waals surface area contributed by atoms with Crippen molar-refractivity contribution in [2.75, 3.05) is 38.5 Å². The van der Waals surface area contributed by atoms with Crippen LogP contribution in [0, 0.1) is 11.6 Å². The van der Waals surface area contributed by atoms with Crippen LogP contribution < -0.4 is 5.32 Å². The van der Waals surface area contributed by atoms with Gasteiger partial charge in [0.15, 0.2) is 0 Å². The van der Waals surface area contributed by atoms with Gasteiger partial charge in [-0.1, -0.05) is 24.3 Å². The van der Waals surface area contributed by atoms with Gasteiger partial charge in [0.2, 0.25) is 10.0 Å². The number of hydrogen-bond donors (Lipinski definition) is 1. The van der Waals surface area contributed by atoms with E-state index in [4.69, 9.17) is 0 Å². The van der Waals surface area contributed by atoms with Crippen LogP contribution in [0.1, 0.15) is 15.9 Å². The average Bonchev–Trinajstić information content (AvgIpc) is 2.73. The van der Waals surface area contributed by atoms with Crippen molar-refractivity contribution in [1.82, 2.24) is 14.5 Å². The lowest BCUT2D eigenvalue weighted by Crippen LogP contribution is -2.48. The second-order valence-corrected chi connectivity index (χ2v) is 8.89. The SMILES string of the molecule is O=C(c1ccccc1F)N(CCS(=O)(=O)N1CCNCC1)Cc1ccc(F)cc1. The minimum Gasteiger partial charge on any atom is -0.333 e. The Morgan fingerprint density at radius 3 is 2.34 bits per heavy atom. The topological polar surface area (TPSA) is 69.7 Å². The Kier molecular flexibility index (Phi) is 6.94. The van der Waals surface area contributed by atoms with Crippen molar-refractivity contribution < 1.29 is 22.0 Å². The summed E-state index contributed by atoms with van der Waals surface area (Å²) in [6.07, 6.45) is 0. The number of rotatable bonds is 7. The highest BCUT2D eigenvalue weighted by molar-refractivity contribution is 7.89. The molecule has 2 aromatic rings. The Balaban J connectivity index is 1.79. The summed E-state index contributed by atoms with van der Waals surface area (Å²) in [7, 11) is -3.56. The molecular weight excluding hydrogens is 400 g/mol. The predicted molar refractivity (Wildman–Crippen MR) is 106 cm³/mol. The molecule has 1 aliphatic heterocycles. The van der Waals surface area contributed by atoms with E-state index in [2.05, 4.69) is 5.32 Å². The van der Waals surface area contributed by atoms with E-state index in [1.165, 1.54) is 51.7 Å². The summed E-state index contributed by atoms with van der Waals surface area (Å²) in [5.74, 6) is -1.97. The number of nitrogens with one attached hydrogen (secondary N) is 1. The number of piperazine rings is 1. The molecule has 0 bridgehead atoms. The predicted octanol–water partition coefficient (Wildman–Crippen LogP) is 1.84. The Labute approximate surface area is 169 Å². The average molecular weight is 423 g/mol. The van der Waals surface area contributed by atoms with Crippen molar-refractivity contribution in [3.63, 3.8) is 0 Å². The van der Waals surface area contributed by atoms with Crippen LogP contribution in [0.15, 0.2) is 48.5 Å². The highest BCUT2D eigenvalue weighted by atomic mass is 32.2. The third-order valence-corrected chi connectivity index (χ3v) is 6.62. The molecule has 0 unspecified atom stereocenters. The molecule has 3 rings (SSSR count). The molecule has 1 fully saturated rings. The van der Waals surface area contributed by atoms with Gasteiger partial charge in [0.05, 0.1) is 11.3 Å². The molecule has 0 aliphatic carbocycles. The molecule has 1 amide bonds. The molecule has 0 saturated carbocycles. The van der Waals surface area contributed by atoms with E-state index in [0.717, 1.165) is 0 Å². The second kappa shape index (κ2) is 9.43. The number of hydrogen-bond acceptors (Lipinski definition) is 4. The van der Waals surface area contributed by atoms with Crippen molar-refractivity contribution >= 4 is 15.9 Å². The van der Waals surface area contributed by atoms with Gasteiger partial charge in [-0.3, -0.25) is 4.79 Å². The van der Waals surface area contributed by atoms with Crippen LogP contribution in [0.3, 0.4) is 0 Å². The molecular formula is C20H23F2N3O3S. The lowest BCUT2D eigenvalue weighted by atomic mass is 10.1.